The van der Waals surface area contributed by atoms with Crippen molar-refractivity contribution in [3.05, 3.63) is 5.69 Å². The van der Waals surface area contributed by atoms with Crippen LogP contribution in [0.5, 0.6) is 0 Å². The van der Waals surface area contributed by atoms with Gasteiger partial charge in [0.05, 0.1) is 9.90 Å². The van der Waals surface area contributed by atoms with E-state index in [9.17, 15) is 0 Å². The molecule has 2 rings (SSSR count). The number of nitrogens with one attached hydrogen (secondary N) is 1. The Balaban J connectivity index is 1.98. The van der Waals surface area contributed by atoms with Gasteiger partial charge in [0.1, 0.15) is 0 Å². The number of aryl methyl sites for hydroxylation is 1. The van der Waals surface area contributed by atoms with Gasteiger partial charge in [0, 0.05) is 5.25 Å². The molecule has 0 atom stereocenters. The number of aromatic nitrogens is 1. The Hall–Kier alpha value is -0.260. The van der Waals surface area contributed by atoms with E-state index in [1.165, 1.54) is 17.1 Å². The van der Waals surface area contributed by atoms with Crippen molar-refractivity contribution in [3.8, 4) is 0 Å². The standard InChI is InChI=1S/C9H15N3S2/c1-6-8(14-9(10)12-6)13-7-2-4-11-5-3-7/h7,11H,2-5H2,1H3,(H2,10,12). The number of rotatable bonds is 2. The molecule has 2 heterocycles. The average molecular weight is 229 g/mol. The SMILES string of the molecule is Cc1nc(N)sc1SC1CCNCC1. The van der Waals surface area contributed by atoms with Crippen LogP contribution in [-0.4, -0.2) is 23.3 Å². The highest BCUT2D eigenvalue weighted by atomic mass is 32.2. The van der Waals surface area contributed by atoms with Crippen molar-refractivity contribution in [2.45, 2.75) is 29.2 Å². The van der Waals surface area contributed by atoms with Gasteiger partial charge >= 0.3 is 0 Å². The van der Waals surface area contributed by atoms with Gasteiger partial charge in [-0.25, -0.2) is 4.98 Å². The maximum atomic E-state index is 5.67. The summed E-state index contributed by atoms with van der Waals surface area (Å²) in [6, 6.07) is 0. The molecule has 0 unspecified atom stereocenters. The monoisotopic (exact) mass is 229 g/mol. The van der Waals surface area contributed by atoms with Crippen molar-refractivity contribution >= 4 is 28.2 Å². The molecule has 1 aromatic rings. The van der Waals surface area contributed by atoms with Gasteiger partial charge < -0.3 is 11.1 Å². The summed E-state index contributed by atoms with van der Waals surface area (Å²) in [5, 5.41) is 4.81. The molecule has 0 radical (unpaired) electrons. The van der Waals surface area contributed by atoms with Crippen molar-refractivity contribution in [1.82, 2.24) is 10.3 Å². The third kappa shape index (κ3) is 2.40. The van der Waals surface area contributed by atoms with E-state index >= 15 is 0 Å². The van der Waals surface area contributed by atoms with Crippen LogP contribution in [0.3, 0.4) is 0 Å². The van der Waals surface area contributed by atoms with E-state index in [1.807, 2.05) is 18.7 Å². The summed E-state index contributed by atoms with van der Waals surface area (Å²) in [4.78, 5) is 4.24. The predicted octanol–water partition coefficient (Wildman–Crippen LogP) is 1.88. The first kappa shape index (κ1) is 10.3. The second-order valence-electron chi connectivity index (χ2n) is 3.49. The zero-order valence-electron chi connectivity index (χ0n) is 8.25. The molecule has 0 aromatic carbocycles. The van der Waals surface area contributed by atoms with Crippen LogP contribution in [0.15, 0.2) is 4.21 Å². The number of piperidine rings is 1. The van der Waals surface area contributed by atoms with Gasteiger partial charge in [-0.1, -0.05) is 11.3 Å². The van der Waals surface area contributed by atoms with E-state index in [1.54, 1.807) is 11.3 Å². The van der Waals surface area contributed by atoms with Gasteiger partial charge in [0.25, 0.3) is 0 Å². The zero-order chi connectivity index (χ0) is 9.97. The zero-order valence-corrected chi connectivity index (χ0v) is 9.88. The summed E-state index contributed by atoms with van der Waals surface area (Å²) in [5.41, 5.74) is 6.76. The van der Waals surface area contributed by atoms with Crippen LogP contribution >= 0.6 is 23.1 Å². The van der Waals surface area contributed by atoms with Crippen molar-refractivity contribution in [1.29, 1.82) is 0 Å². The molecule has 0 aliphatic carbocycles. The molecule has 1 saturated heterocycles. The number of thiazole rings is 1. The molecule has 1 aliphatic heterocycles. The second-order valence-corrected chi connectivity index (χ2v) is 6.09. The summed E-state index contributed by atoms with van der Waals surface area (Å²) in [7, 11) is 0. The Bertz CT molecular complexity index is 305. The number of hydrogen-bond acceptors (Lipinski definition) is 5. The highest BCUT2D eigenvalue weighted by Crippen LogP contribution is 2.36. The minimum atomic E-state index is 0.693. The smallest absolute Gasteiger partial charge is 0.181 e. The van der Waals surface area contributed by atoms with Crippen LogP contribution in [0.25, 0.3) is 0 Å². The Morgan fingerprint density at radius 2 is 2.21 bits per heavy atom. The van der Waals surface area contributed by atoms with E-state index in [-0.39, 0.29) is 0 Å². The first-order chi connectivity index (χ1) is 6.75. The first-order valence-corrected chi connectivity index (χ1v) is 6.55. The maximum Gasteiger partial charge on any atom is 0.181 e. The lowest BCUT2D eigenvalue weighted by atomic mass is 10.2. The quantitative estimate of drug-likeness (QED) is 0.813. The number of nitrogens with zero attached hydrogens (tertiary/aromatic N) is 1. The highest BCUT2D eigenvalue weighted by molar-refractivity contribution is 8.01. The predicted molar refractivity (Wildman–Crippen MR) is 63.0 cm³/mol. The van der Waals surface area contributed by atoms with Crippen molar-refractivity contribution in [2.24, 2.45) is 0 Å². The molecule has 14 heavy (non-hydrogen) atoms. The first-order valence-electron chi connectivity index (χ1n) is 4.86. The number of anilines is 1. The summed E-state index contributed by atoms with van der Waals surface area (Å²) in [5.74, 6) is 0. The van der Waals surface area contributed by atoms with E-state index < -0.39 is 0 Å². The molecule has 78 valence electrons. The third-order valence-electron chi connectivity index (χ3n) is 2.33. The molecule has 0 saturated carbocycles. The lowest BCUT2D eigenvalue weighted by Crippen LogP contribution is -2.29. The summed E-state index contributed by atoms with van der Waals surface area (Å²) in [6.45, 7) is 4.33. The number of nitrogen functional groups attached to an aromatic ring is 1. The second kappa shape index (κ2) is 4.51. The lowest BCUT2D eigenvalue weighted by molar-refractivity contribution is 0.531. The van der Waals surface area contributed by atoms with Crippen molar-refractivity contribution in [2.75, 3.05) is 18.8 Å². The van der Waals surface area contributed by atoms with Gasteiger partial charge in [-0.2, -0.15) is 0 Å². The molecule has 3 nitrogen and oxygen atoms in total. The van der Waals surface area contributed by atoms with Crippen molar-refractivity contribution in [3.63, 3.8) is 0 Å². The molecule has 1 aromatic heterocycles. The van der Waals surface area contributed by atoms with Crippen LogP contribution in [0.4, 0.5) is 5.13 Å². The van der Waals surface area contributed by atoms with Crippen LogP contribution in [0.2, 0.25) is 0 Å². The third-order valence-corrected chi connectivity index (χ3v) is 4.96. The molecule has 5 heteroatoms. The summed E-state index contributed by atoms with van der Waals surface area (Å²) >= 11 is 3.57. The minimum Gasteiger partial charge on any atom is -0.375 e. The summed E-state index contributed by atoms with van der Waals surface area (Å²) in [6.07, 6.45) is 2.50. The van der Waals surface area contributed by atoms with E-state index in [0.29, 0.717) is 5.13 Å². The van der Waals surface area contributed by atoms with Crippen LogP contribution < -0.4 is 11.1 Å². The fourth-order valence-electron chi connectivity index (χ4n) is 1.58. The number of thioether (sulfide) groups is 1. The van der Waals surface area contributed by atoms with Gasteiger partial charge in [0.2, 0.25) is 0 Å². The summed E-state index contributed by atoms with van der Waals surface area (Å²) < 4.78 is 1.30. The average Bonchev–Trinajstić information content (AvgIpc) is 2.47. The van der Waals surface area contributed by atoms with E-state index in [2.05, 4.69) is 10.3 Å². The topological polar surface area (TPSA) is 50.9 Å². The Labute approximate surface area is 92.5 Å². The van der Waals surface area contributed by atoms with Gasteiger partial charge in [-0.15, -0.1) is 11.8 Å². The van der Waals surface area contributed by atoms with Gasteiger partial charge in [0.15, 0.2) is 5.13 Å². The lowest BCUT2D eigenvalue weighted by Gasteiger charge is -2.21. The maximum absolute atomic E-state index is 5.67. The molecule has 0 spiro atoms. The highest BCUT2D eigenvalue weighted by Gasteiger charge is 2.17. The molecule has 1 fully saturated rings. The van der Waals surface area contributed by atoms with Crippen LogP contribution in [0, 0.1) is 6.92 Å². The van der Waals surface area contributed by atoms with Gasteiger partial charge in [-0.05, 0) is 32.9 Å². The Morgan fingerprint density at radius 3 is 2.79 bits per heavy atom. The fraction of sp³-hybridized carbons (Fsp3) is 0.667. The van der Waals surface area contributed by atoms with E-state index in [0.717, 1.165) is 24.0 Å². The van der Waals surface area contributed by atoms with Crippen molar-refractivity contribution < 1.29 is 0 Å². The normalized spacial score (nSPS) is 18.6. The van der Waals surface area contributed by atoms with Crippen LogP contribution in [-0.2, 0) is 0 Å². The van der Waals surface area contributed by atoms with Crippen LogP contribution in [0.1, 0.15) is 18.5 Å². The molecular formula is C9H15N3S2. The largest absolute Gasteiger partial charge is 0.375 e. The molecular weight excluding hydrogens is 214 g/mol. The molecule has 1 aliphatic rings. The number of hydrogen-bond donors (Lipinski definition) is 2. The minimum absolute atomic E-state index is 0.693. The molecule has 0 bridgehead atoms. The molecule has 0 amide bonds. The Morgan fingerprint density at radius 1 is 1.50 bits per heavy atom. The number of nitrogens with two attached hydrogens (primary N) is 1. The molecule has 3 N–H and O–H groups in total. The fourth-order valence-corrected chi connectivity index (χ4v) is 3.99. The van der Waals surface area contributed by atoms with E-state index in [4.69, 9.17) is 5.73 Å². The Kier molecular flexibility index (Phi) is 3.30. The van der Waals surface area contributed by atoms with Gasteiger partial charge in [-0.3, -0.25) is 0 Å².